The molecule has 1 heterocycles. The highest BCUT2D eigenvalue weighted by Crippen LogP contribution is 2.22. The number of ether oxygens (including phenoxy) is 1. The minimum absolute atomic E-state index is 0.0686. The molecule has 0 saturated carbocycles. The molecule has 1 fully saturated rings. The molecule has 0 bridgehead atoms. The molecule has 0 aromatic heterocycles. The standard InChI is InChI=1S/C11H14FNO3S/c1-9-7-10(12)3-4-11(9)17(14,15)13-5-2-6-16-8-13/h3-4,7H,2,5-6,8H2,1H3. The predicted molar refractivity (Wildman–Crippen MR) is 60.5 cm³/mol. The van der Waals surface area contributed by atoms with Gasteiger partial charge in [0.2, 0.25) is 10.0 Å². The van der Waals surface area contributed by atoms with Crippen LogP contribution >= 0.6 is 0 Å². The quantitative estimate of drug-likeness (QED) is 0.808. The lowest BCUT2D eigenvalue weighted by atomic mass is 10.2. The lowest BCUT2D eigenvalue weighted by Crippen LogP contribution is -2.38. The molecule has 1 aliphatic heterocycles. The van der Waals surface area contributed by atoms with Crippen LogP contribution in [0.15, 0.2) is 23.1 Å². The smallest absolute Gasteiger partial charge is 0.245 e. The van der Waals surface area contributed by atoms with E-state index < -0.39 is 15.8 Å². The molecule has 1 aromatic rings. The van der Waals surface area contributed by atoms with Crippen molar-refractivity contribution in [3.63, 3.8) is 0 Å². The lowest BCUT2D eigenvalue weighted by molar-refractivity contribution is 0.0313. The summed E-state index contributed by atoms with van der Waals surface area (Å²) in [5.74, 6) is -0.434. The zero-order valence-corrected chi connectivity index (χ0v) is 10.3. The van der Waals surface area contributed by atoms with E-state index in [9.17, 15) is 12.8 Å². The Bertz CT molecular complexity index is 509. The van der Waals surface area contributed by atoms with E-state index in [1.807, 2.05) is 0 Å². The molecule has 0 amide bonds. The van der Waals surface area contributed by atoms with Crippen molar-refractivity contribution in [1.29, 1.82) is 0 Å². The maximum atomic E-state index is 12.9. The summed E-state index contributed by atoms with van der Waals surface area (Å²) in [6, 6.07) is 3.68. The van der Waals surface area contributed by atoms with Crippen LogP contribution in [0.1, 0.15) is 12.0 Å². The Morgan fingerprint density at radius 1 is 1.41 bits per heavy atom. The van der Waals surface area contributed by atoms with Gasteiger partial charge in [0, 0.05) is 13.2 Å². The van der Waals surface area contributed by atoms with Crippen LogP contribution in [0, 0.1) is 12.7 Å². The number of hydrogen-bond donors (Lipinski definition) is 0. The van der Waals surface area contributed by atoms with Gasteiger partial charge >= 0.3 is 0 Å². The third-order valence-corrected chi connectivity index (χ3v) is 4.67. The summed E-state index contributed by atoms with van der Waals surface area (Å²) in [6.07, 6.45) is 0.680. The van der Waals surface area contributed by atoms with Gasteiger partial charge in [-0.05, 0) is 37.1 Å². The van der Waals surface area contributed by atoms with Crippen LogP contribution < -0.4 is 0 Å². The van der Waals surface area contributed by atoms with Gasteiger partial charge in [0.05, 0.1) is 4.90 Å². The van der Waals surface area contributed by atoms with Crippen LogP contribution in [0.5, 0.6) is 0 Å². The third kappa shape index (κ3) is 2.48. The fraction of sp³-hybridized carbons (Fsp3) is 0.455. The molecule has 0 radical (unpaired) electrons. The molecule has 0 unspecified atom stereocenters. The van der Waals surface area contributed by atoms with E-state index in [4.69, 9.17) is 4.74 Å². The Kier molecular flexibility index (Phi) is 3.46. The maximum absolute atomic E-state index is 12.9. The number of benzene rings is 1. The summed E-state index contributed by atoms with van der Waals surface area (Å²) in [7, 11) is -3.57. The summed E-state index contributed by atoms with van der Waals surface area (Å²) in [5, 5.41) is 0. The second kappa shape index (κ2) is 4.72. The normalized spacial score (nSPS) is 18.2. The van der Waals surface area contributed by atoms with Crippen molar-refractivity contribution in [1.82, 2.24) is 4.31 Å². The summed E-state index contributed by atoms with van der Waals surface area (Å²) in [6.45, 7) is 2.67. The Morgan fingerprint density at radius 2 is 2.18 bits per heavy atom. The van der Waals surface area contributed by atoms with Gasteiger partial charge in [0.25, 0.3) is 0 Å². The van der Waals surface area contributed by atoms with Crippen LogP contribution in [-0.2, 0) is 14.8 Å². The highest BCUT2D eigenvalue weighted by Gasteiger charge is 2.27. The molecule has 94 valence electrons. The maximum Gasteiger partial charge on any atom is 0.245 e. The first-order valence-electron chi connectivity index (χ1n) is 5.36. The predicted octanol–water partition coefficient (Wildman–Crippen LogP) is 1.50. The number of aryl methyl sites for hydroxylation is 1. The van der Waals surface area contributed by atoms with Crippen molar-refractivity contribution in [2.75, 3.05) is 19.9 Å². The second-order valence-electron chi connectivity index (χ2n) is 3.98. The zero-order valence-electron chi connectivity index (χ0n) is 9.52. The SMILES string of the molecule is Cc1cc(F)ccc1S(=O)(=O)N1CCCOC1. The lowest BCUT2D eigenvalue weighted by Gasteiger charge is -2.26. The Hall–Kier alpha value is -0.980. The average molecular weight is 259 g/mol. The highest BCUT2D eigenvalue weighted by molar-refractivity contribution is 7.89. The molecule has 2 rings (SSSR count). The summed E-state index contributed by atoms with van der Waals surface area (Å²) in [4.78, 5) is 0.143. The molecule has 0 aliphatic carbocycles. The van der Waals surface area contributed by atoms with E-state index in [1.54, 1.807) is 6.92 Å². The monoisotopic (exact) mass is 259 g/mol. The van der Waals surface area contributed by atoms with Crippen molar-refractivity contribution < 1.29 is 17.5 Å². The van der Waals surface area contributed by atoms with Crippen LogP contribution in [0.25, 0.3) is 0 Å². The fourth-order valence-electron chi connectivity index (χ4n) is 1.80. The van der Waals surface area contributed by atoms with Crippen molar-refractivity contribution in [2.45, 2.75) is 18.2 Å². The molecule has 0 spiro atoms. The van der Waals surface area contributed by atoms with Gasteiger partial charge in [-0.25, -0.2) is 12.8 Å². The van der Waals surface area contributed by atoms with Gasteiger partial charge in [0.15, 0.2) is 0 Å². The average Bonchev–Trinajstić information content (AvgIpc) is 2.29. The number of rotatable bonds is 2. The number of halogens is 1. The van der Waals surface area contributed by atoms with E-state index in [2.05, 4.69) is 0 Å². The molecular formula is C11H14FNO3S. The van der Waals surface area contributed by atoms with Crippen molar-refractivity contribution in [3.8, 4) is 0 Å². The van der Waals surface area contributed by atoms with Crippen LogP contribution in [0.4, 0.5) is 4.39 Å². The summed E-state index contributed by atoms with van der Waals surface area (Å²) < 4.78 is 43.8. The van der Waals surface area contributed by atoms with Crippen molar-refractivity contribution in [2.24, 2.45) is 0 Å². The molecule has 4 nitrogen and oxygen atoms in total. The van der Waals surface area contributed by atoms with Crippen molar-refractivity contribution in [3.05, 3.63) is 29.6 Å². The molecule has 0 N–H and O–H groups in total. The van der Waals surface area contributed by atoms with Gasteiger partial charge < -0.3 is 4.74 Å². The van der Waals surface area contributed by atoms with Gasteiger partial charge in [-0.2, -0.15) is 4.31 Å². The highest BCUT2D eigenvalue weighted by atomic mass is 32.2. The molecule has 1 aliphatic rings. The molecule has 17 heavy (non-hydrogen) atoms. The first-order valence-corrected chi connectivity index (χ1v) is 6.80. The van der Waals surface area contributed by atoms with Gasteiger partial charge in [-0.3, -0.25) is 0 Å². The van der Waals surface area contributed by atoms with E-state index in [0.717, 1.165) is 6.07 Å². The van der Waals surface area contributed by atoms with E-state index >= 15 is 0 Å². The number of hydrogen-bond acceptors (Lipinski definition) is 3. The fourth-order valence-corrected chi connectivity index (χ4v) is 3.37. The van der Waals surface area contributed by atoms with Gasteiger partial charge in [-0.1, -0.05) is 0 Å². The number of nitrogens with zero attached hydrogens (tertiary/aromatic N) is 1. The van der Waals surface area contributed by atoms with E-state index in [1.165, 1.54) is 16.4 Å². The van der Waals surface area contributed by atoms with Crippen LogP contribution in [0.2, 0.25) is 0 Å². The van der Waals surface area contributed by atoms with Gasteiger partial charge in [0.1, 0.15) is 12.5 Å². The van der Waals surface area contributed by atoms with E-state index in [-0.39, 0.29) is 11.6 Å². The molecule has 1 aromatic carbocycles. The Morgan fingerprint density at radius 3 is 2.76 bits per heavy atom. The first kappa shape index (κ1) is 12.5. The Labute approximate surface area is 100 Å². The van der Waals surface area contributed by atoms with Crippen LogP contribution in [0.3, 0.4) is 0 Å². The zero-order chi connectivity index (χ0) is 12.5. The first-order chi connectivity index (χ1) is 8.01. The van der Waals surface area contributed by atoms with Crippen molar-refractivity contribution >= 4 is 10.0 Å². The molecule has 1 saturated heterocycles. The van der Waals surface area contributed by atoms with Gasteiger partial charge in [-0.15, -0.1) is 0 Å². The minimum Gasteiger partial charge on any atom is -0.365 e. The Balaban J connectivity index is 2.37. The van der Waals surface area contributed by atoms with Crippen LogP contribution in [-0.4, -0.2) is 32.6 Å². The summed E-state index contributed by atoms with van der Waals surface area (Å²) >= 11 is 0. The molecule has 0 atom stereocenters. The molecular weight excluding hydrogens is 245 g/mol. The number of sulfonamides is 1. The third-order valence-electron chi connectivity index (χ3n) is 2.69. The topological polar surface area (TPSA) is 46.6 Å². The minimum atomic E-state index is -3.57. The summed E-state index contributed by atoms with van der Waals surface area (Å²) in [5.41, 5.74) is 0.413. The largest absolute Gasteiger partial charge is 0.365 e. The molecule has 6 heteroatoms. The second-order valence-corrected chi connectivity index (χ2v) is 5.89. The van der Waals surface area contributed by atoms with E-state index in [0.29, 0.717) is 25.1 Å².